The molecule has 0 saturated carbocycles. The first-order valence-corrected chi connectivity index (χ1v) is 23.0. The van der Waals surface area contributed by atoms with Crippen LogP contribution >= 0.6 is 0 Å². The van der Waals surface area contributed by atoms with Crippen LogP contribution in [0.3, 0.4) is 0 Å². The van der Waals surface area contributed by atoms with E-state index in [0.29, 0.717) is 17.7 Å². The quantitative estimate of drug-likeness (QED) is 0.0549. The number of aromatic nitrogens is 3. The summed E-state index contributed by atoms with van der Waals surface area (Å²) in [6.07, 6.45) is 5.64. The van der Waals surface area contributed by atoms with E-state index in [1.54, 1.807) is 6.20 Å². The average molecular weight is 949 g/mol. The van der Waals surface area contributed by atoms with E-state index < -0.39 is 108 Å². The molecule has 1 aromatic carbocycles. The summed E-state index contributed by atoms with van der Waals surface area (Å²) in [4.78, 5) is 132. The molecule has 2 aromatic heterocycles. The van der Waals surface area contributed by atoms with Crippen molar-refractivity contribution in [3.05, 3.63) is 54.2 Å². The van der Waals surface area contributed by atoms with Crippen molar-refractivity contribution in [2.24, 2.45) is 17.6 Å². The third kappa shape index (κ3) is 15.4. The van der Waals surface area contributed by atoms with Crippen molar-refractivity contribution < 1.29 is 48.3 Å². The third-order valence-corrected chi connectivity index (χ3v) is 11.5. The summed E-state index contributed by atoms with van der Waals surface area (Å²) in [7, 11) is 0. The number of rotatable bonds is 24. The van der Waals surface area contributed by atoms with Gasteiger partial charge in [-0.15, -0.1) is 0 Å². The van der Waals surface area contributed by atoms with Crippen LogP contribution in [0.2, 0.25) is 0 Å². The predicted molar refractivity (Wildman–Crippen MR) is 250 cm³/mol. The fourth-order valence-corrected chi connectivity index (χ4v) is 7.75. The Bertz CT molecular complexity index is 2260. The number of imidazole rings is 1. The van der Waals surface area contributed by atoms with E-state index >= 15 is 0 Å². The van der Waals surface area contributed by atoms with E-state index in [9.17, 15) is 48.3 Å². The van der Waals surface area contributed by atoms with Gasteiger partial charge in [0.05, 0.1) is 12.4 Å². The second kappa shape index (κ2) is 24.8. The number of carbonyl (C=O) groups is 9. The average Bonchev–Trinajstić information content (AvgIpc) is 4.07. The van der Waals surface area contributed by atoms with Crippen molar-refractivity contribution in [3.8, 4) is 0 Å². The molecule has 3 heterocycles. The van der Waals surface area contributed by atoms with Gasteiger partial charge in [0.1, 0.15) is 48.3 Å². The summed E-state index contributed by atoms with van der Waals surface area (Å²) in [5.74, 6) is -6.66. The van der Waals surface area contributed by atoms with Gasteiger partial charge in [-0.3, -0.25) is 43.2 Å². The lowest BCUT2D eigenvalue weighted by Gasteiger charge is -2.31. The maximum absolute atomic E-state index is 14.4. The molecule has 4 rings (SSSR count). The van der Waals surface area contributed by atoms with E-state index in [1.165, 1.54) is 45.1 Å². The van der Waals surface area contributed by atoms with Crippen molar-refractivity contribution in [1.82, 2.24) is 57.1 Å². The zero-order valence-corrected chi connectivity index (χ0v) is 39.9. The van der Waals surface area contributed by atoms with Crippen LogP contribution < -0.4 is 43.0 Å². The Morgan fingerprint density at radius 2 is 1.22 bits per heavy atom. The lowest BCUT2D eigenvalue weighted by molar-refractivity contribution is -0.143. The number of H-pyrrole nitrogens is 2. The largest absolute Gasteiger partial charge is 0.480 e. The van der Waals surface area contributed by atoms with Crippen LogP contribution in [0, 0.1) is 11.8 Å². The molecule has 1 aliphatic rings. The lowest BCUT2D eigenvalue weighted by atomic mass is 10.00. The molecule has 8 amide bonds. The van der Waals surface area contributed by atoms with Gasteiger partial charge in [-0.25, -0.2) is 4.98 Å². The van der Waals surface area contributed by atoms with Gasteiger partial charge in [-0.1, -0.05) is 45.9 Å². The second-order valence-corrected chi connectivity index (χ2v) is 18.4. The maximum Gasteiger partial charge on any atom is 0.325 e. The molecule has 1 saturated heterocycles. The number of aromatic amines is 2. The zero-order valence-electron chi connectivity index (χ0n) is 39.9. The molecule has 0 spiro atoms. The van der Waals surface area contributed by atoms with Crippen LogP contribution in [0.4, 0.5) is 0 Å². The highest BCUT2D eigenvalue weighted by Crippen LogP contribution is 2.22. The van der Waals surface area contributed by atoms with Crippen LogP contribution in [-0.2, 0) is 56.0 Å². The normalized spacial score (nSPS) is 17.2. The highest BCUT2D eigenvalue weighted by molar-refractivity contribution is 5.98. The molecule has 3 aromatic rings. The molecule has 22 nitrogen and oxygen atoms in total. The van der Waals surface area contributed by atoms with E-state index in [0.717, 1.165) is 10.9 Å². The molecule has 1 fully saturated rings. The molecule has 0 aliphatic carbocycles. The van der Waals surface area contributed by atoms with Gasteiger partial charge in [0.25, 0.3) is 0 Å². The molecule has 9 atom stereocenters. The van der Waals surface area contributed by atoms with Crippen LogP contribution in [0.25, 0.3) is 10.9 Å². The first-order chi connectivity index (χ1) is 32.1. The smallest absolute Gasteiger partial charge is 0.325 e. The zero-order chi connectivity index (χ0) is 50.4. The van der Waals surface area contributed by atoms with Gasteiger partial charge < -0.3 is 62.9 Å². The number of benzene rings is 1. The second-order valence-electron chi connectivity index (χ2n) is 18.4. The standard InChI is InChI=1S/C46H68N12O10/c1-23(2)16-33(54-38(59)25(5)47)43(64)55-34(18-29-20-49-32-13-10-9-12-31(29)32)41(62)52-27(7)40(61)57-36(17-24(3)4)45(66)58-15-11-14-37(58)44(65)56-35(19-30-21-48-22-50-30)42(63)51-26(6)39(60)53-28(8)46(67)68/h9-10,12-13,20-28,33-37,49H,11,14-19,47H2,1-8H3,(H,48,50)(H,51,63)(H,52,62)(H,53,60)(H,54,59)(H,55,64)(H,56,65)(H,57,61)(H,67,68)/t25-,26-,27-,28-,33-,34-,35-,36-,37-/m0/s1. The van der Waals surface area contributed by atoms with Crippen LogP contribution in [-0.4, -0.2) is 139 Å². The van der Waals surface area contributed by atoms with Crippen LogP contribution in [0.1, 0.15) is 92.3 Å². The summed E-state index contributed by atoms with van der Waals surface area (Å²) in [5, 5.41) is 28.4. The summed E-state index contributed by atoms with van der Waals surface area (Å²) >= 11 is 0. The lowest BCUT2D eigenvalue weighted by Crippen LogP contribution is -2.60. The molecule has 22 heteroatoms. The molecule has 1 aliphatic heterocycles. The summed E-state index contributed by atoms with van der Waals surface area (Å²) in [6, 6.07) is -2.70. The van der Waals surface area contributed by atoms with Crippen molar-refractivity contribution >= 4 is 64.1 Å². The number of para-hydroxylation sites is 1. The fourth-order valence-electron chi connectivity index (χ4n) is 7.75. The molecule has 0 bridgehead atoms. The molecular formula is C46H68N12O10. The molecule has 12 N–H and O–H groups in total. The van der Waals surface area contributed by atoms with Gasteiger partial charge in [-0.2, -0.15) is 0 Å². The minimum absolute atomic E-state index is 0.0142. The Morgan fingerprint density at radius 3 is 1.81 bits per heavy atom. The molecule has 0 unspecified atom stereocenters. The van der Waals surface area contributed by atoms with E-state index in [1.807, 2.05) is 52.0 Å². The number of aliphatic carboxylic acids is 1. The monoisotopic (exact) mass is 949 g/mol. The van der Waals surface area contributed by atoms with Crippen molar-refractivity contribution in [3.63, 3.8) is 0 Å². The SMILES string of the molecule is CC(C)C[C@H](NC(=O)[C@H](C)N)C(=O)N[C@@H](Cc1c[nH]c2ccccc12)C(=O)N[C@@H](C)C(=O)N[C@@H](CC(C)C)C(=O)N1CCC[C@H]1C(=O)N[C@@H](Cc1cnc[nH]1)C(=O)N[C@@H](C)C(=O)N[C@@H](C)C(=O)O. The Morgan fingerprint density at radius 1 is 0.676 bits per heavy atom. The van der Waals surface area contributed by atoms with Gasteiger partial charge in [-0.05, 0) is 76.8 Å². The number of nitrogens with zero attached hydrogens (tertiary/aromatic N) is 2. The number of amides is 8. The first-order valence-electron chi connectivity index (χ1n) is 23.0. The number of hydrogen-bond acceptors (Lipinski definition) is 11. The van der Waals surface area contributed by atoms with Gasteiger partial charge >= 0.3 is 5.97 Å². The first kappa shape index (κ1) is 53.8. The van der Waals surface area contributed by atoms with E-state index in [4.69, 9.17) is 5.73 Å². The minimum atomic E-state index is -1.27. The van der Waals surface area contributed by atoms with E-state index in [-0.39, 0.29) is 50.5 Å². The van der Waals surface area contributed by atoms with Crippen molar-refractivity contribution in [1.29, 1.82) is 0 Å². The Labute approximate surface area is 395 Å². The minimum Gasteiger partial charge on any atom is -0.480 e. The summed E-state index contributed by atoms with van der Waals surface area (Å²) in [5.41, 5.74) is 7.78. The maximum atomic E-state index is 14.4. The Balaban J connectivity index is 1.50. The molecule has 372 valence electrons. The number of likely N-dealkylation sites (tertiary alicyclic amines) is 1. The molecule has 0 radical (unpaired) electrons. The Kier molecular flexibility index (Phi) is 19.6. The van der Waals surface area contributed by atoms with Gasteiger partial charge in [0.2, 0.25) is 47.3 Å². The van der Waals surface area contributed by atoms with Crippen molar-refractivity contribution in [2.45, 2.75) is 148 Å². The highest BCUT2D eigenvalue weighted by Gasteiger charge is 2.40. The number of nitrogens with two attached hydrogens (primary N) is 1. The van der Waals surface area contributed by atoms with Crippen LogP contribution in [0.15, 0.2) is 43.0 Å². The number of hydrogen-bond donors (Lipinski definition) is 11. The number of carbonyl (C=O) groups excluding carboxylic acids is 8. The van der Waals surface area contributed by atoms with Crippen LogP contribution in [0.5, 0.6) is 0 Å². The number of carboxylic acid groups (broad SMARTS) is 1. The van der Waals surface area contributed by atoms with Gasteiger partial charge in [0, 0.05) is 48.4 Å². The fraction of sp³-hybridized carbons (Fsp3) is 0.565. The summed E-state index contributed by atoms with van der Waals surface area (Å²) in [6.45, 7) is 13.2. The topological polar surface area (TPSA) is 332 Å². The van der Waals surface area contributed by atoms with E-state index in [2.05, 4.69) is 52.2 Å². The van der Waals surface area contributed by atoms with Crippen molar-refractivity contribution in [2.75, 3.05) is 6.54 Å². The summed E-state index contributed by atoms with van der Waals surface area (Å²) < 4.78 is 0. The predicted octanol–water partition coefficient (Wildman–Crippen LogP) is -0.355. The molecule has 68 heavy (non-hydrogen) atoms. The van der Waals surface area contributed by atoms with Gasteiger partial charge in [0.15, 0.2) is 0 Å². The highest BCUT2D eigenvalue weighted by atomic mass is 16.4. The number of carboxylic acids is 1. The number of nitrogens with one attached hydrogen (secondary N) is 9. The number of fused-ring (bicyclic) bond motifs is 1. The third-order valence-electron chi connectivity index (χ3n) is 11.5. The molecular weight excluding hydrogens is 881 g/mol. The Hall–Kier alpha value is -6.84.